The van der Waals surface area contributed by atoms with Gasteiger partial charge in [0.2, 0.25) is 0 Å². The molecule has 1 aliphatic rings. The van der Waals surface area contributed by atoms with Gasteiger partial charge in [-0.3, -0.25) is 4.98 Å². The molecule has 0 unspecified atom stereocenters. The van der Waals surface area contributed by atoms with Gasteiger partial charge in [0.1, 0.15) is 0 Å². The molecule has 0 amide bonds. The van der Waals surface area contributed by atoms with Crippen LogP contribution in [0.25, 0.3) is 0 Å². The summed E-state index contributed by atoms with van der Waals surface area (Å²) in [5.74, 6) is 0.934. The van der Waals surface area contributed by atoms with Crippen LogP contribution in [0.3, 0.4) is 0 Å². The first-order valence-electron chi connectivity index (χ1n) is 5.06. The minimum atomic E-state index is 0.914. The van der Waals surface area contributed by atoms with Crippen LogP contribution in [0, 0.1) is 5.92 Å². The van der Waals surface area contributed by atoms with Crippen LogP contribution < -0.4 is 5.32 Å². The van der Waals surface area contributed by atoms with Crippen LogP contribution in [-0.4, -0.2) is 11.5 Å². The Balaban J connectivity index is 1.67. The Labute approximate surface area is 79.4 Å². The summed E-state index contributed by atoms with van der Waals surface area (Å²) < 4.78 is 0. The summed E-state index contributed by atoms with van der Waals surface area (Å²) in [5.41, 5.74) is 1.14. The molecule has 0 aliphatic heterocycles. The van der Waals surface area contributed by atoms with Crippen LogP contribution in [0.1, 0.15) is 25.0 Å². The predicted octanol–water partition coefficient (Wildman–Crippen LogP) is 1.97. The van der Waals surface area contributed by atoms with Crippen molar-refractivity contribution >= 4 is 0 Å². The van der Waals surface area contributed by atoms with Gasteiger partial charge in [0.25, 0.3) is 0 Å². The molecule has 70 valence electrons. The summed E-state index contributed by atoms with van der Waals surface area (Å²) in [5, 5.41) is 3.44. The van der Waals surface area contributed by atoms with Crippen LogP contribution >= 0.6 is 0 Å². The summed E-state index contributed by atoms with van der Waals surface area (Å²) in [6.45, 7) is 2.08. The van der Waals surface area contributed by atoms with Crippen molar-refractivity contribution in [2.45, 2.75) is 25.8 Å². The van der Waals surface area contributed by atoms with E-state index in [4.69, 9.17) is 0 Å². The van der Waals surface area contributed by atoms with Gasteiger partial charge in [-0.2, -0.15) is 0 Å². The third-order valence-electron chi connectivity index (χ3n) is 2.69. The SMILES string of the molecule is c1ccc(CNCC2CCC2)nc1. The maximum Gasteiger partial charge on any atom is 0.0541 e. The monoisotopic (exact) mass is 176 g/mol. The smallest absolute Gasteiger partial charge is 0.0541 e. The minimum Gasteiger partial charge on any atom is -0.311 e. The average Bonchev–Trinajstić information content (AvgIpc) is 2.11. The molecule has 0 saturated heterocycles. The minimum absolute atomic E-state index is 0.914. The number of hydrogen-bond acceptors (Lipinski definition) is 2. The Morgan fingerprint density at radius 3 is 2.92 bits per heavy atom. The van der Waals surface area contributed by atoms with Crippen LogP contribution in [0.5, 0.6) is 0 Å². The van der Waals surface area contributed by atoms with Gasteiger partial charge in [-0.05, 0) is 37.4 Å². The van der Waals surface area contributed by atoms with E-state index in [0.29, 0.717) is 0 Å². The van der Waals surface area contributed by atoms with E-state index in [-0.39, 0.29) is 0 Å². The molecule has 13 heavy (non-hydrogen) atoms. The highest BCUT2D eigenvalue weighted by atomic mass is 14.9. The fourth-order valence-corrected chi connectivity index (χ4v) is 1.60. The standard InChI is InChI=1S/C11H16N2/c1-2-7-13-11(6-1)9-12-8-10-4-3-5-10/h1-2,6-7,10,12H,3-5,8-9H2. The molecule has 1 N–H and O–H groups in total. The number of nitrogens with zero attached hydrogens (tertiary/aromatic N) is 1. The summed E-state index contributed by atoms with van der Waals surface area (Å²) in [7, 11) is 0. The van der Waals surface area contributed by atoms with Crippen molar-refractivity contribution in [1.29, 1.82) is 0 Å². The topological polar surface area (TPSA) is 24.9 Å². The molecule has 2 rings (SSSR count). The number of pyridine rings is 1. The van der Waals surface area contributed by atoms with E-state index in [0.717, 1.165) is 24.7 Å². The molecule has 0 bridgehead atoms. The Bertz CT molecular complexity index is 242. The normalized spacial score (nSPS) is 16.9. The fraction of sp³-hybridized carbons (Fsp3) is 0.545. The van der Waals surface area contributed by atoms with Gasteiger partial charge in [-0.15, -0.1) is 0 Å². The lowest BCUT2D eigenvalue weighted by Crippen LogP contribution is -2.27. The van der Waals surface area contributed by atoms with Crippen molar-refractivity contribution in [2.75, 3.05) is 6.54 Å². The Morgan fingerprint density at radius 1 is 1.38 bits per heavy atom. The van der Waals surface area contributed by atoms with Gasteiger partial charge in [-0.1, -0.05) is 12.5 Å². The highest BCUT2D eigenvalue weighted by Gasteiger charge is 2.16. The first kappa shape index (κ1) is 8.70. The number of nitrogens with one attached hydrogen (secondary N) is 1. The van der Waals surface area contributed by atoms with Crippen molar-refractivity contribution in [3.05, 3.63) is 30.1 Å². The molecule has 1 aliphatic carbocycles. The van der Waals surface area contributed by atoms with E-state index in [9.17, 15) is 0 Å². The van der Waals surface area contributed by atoms with E-state index >= 15 is 0 Å². The van der Waals surface area contributed by atoms with Crippen molar-refractivity contribution in [3.63, 3.8) is 0 Å². The first-order chi connectivity index (χ1) is 6.45. The maximum absolute atomic E-state index is 4.26. The Morgan fingerprint density at radius 2 is 2.31 bits per heavy atom. The zero-order chi connectivity index (χ0) is 8.93. The Hall–Kier alpha value is -0.890. The average molecular weight is 176 g/mol. The molecule has 1 fully saturated rings. The second kappa shape index (κ2) is 4.38. The second-order valence-corrected chi connectivity index (χ2v) is 3.75. The molecule has 0 radical (unpaired) electrons. The lowest BCUT2D eigenvalue weighted by molar-refractivity contribution is 0.301. The largest absolute Gasteiger partial charge is 0.311 e. The molecule has 1 saturated carbocycles. The van der Waals surface area contributed by atoms with Crippen molar-refractivity contribution < 1.29 is 0 Å². The molecule has 2 heteroatoms. The fourth-order valence-electron chi connectivity index (χ4n) is 1.60. The summed E-state index contributed by atoms with van der Waals surface area (Å²) in [6, 6.07) is 6.05. The van der Waals surface area contributed by atoms with Gasteiger partial charge in [0.05, 0.1) is 5.69 Å². The van der Waals surface area contributed by atoms with E-state index in [1.165, 1.54) is 19.3 Å². The zero-order valence-electron chi connectivity index (χ0n) is 7.87. The van der Waals surface area contributed by atoms with Gasteiger partial charge < -0.3 is 5.32 Å². The molecular weight excluding hydrogens is 160 g/mol. The van der Waals surface area contributed by atoms with Crippen molar-refractivity contribution in [2.24, 2.45) is 5.92 Å². The molecule has 1 aromatic heterocycles. The third-order valence-corrected chi connectivity index (χ3v) is 2.69. The zero-order valence-corrected chi connectivity index (χ0v) is 7.87. The van der Waals surface area contributed by atoms with Crippen LogP contribution in [-0.2, 0) is 6.54 Å². The maximum atomic E-state index is 4.26. The van der Waals surface area contributed by atoms with Crippen molar-refractivity contribution in [3.8, 4) is 0 Å². The van der Waals surface area contributed by atoms with Gasteiger partial charge in [-0.25, -0.2) is 0 Å². The van der Waals surface area contributed by atoms with E-state index in [1.807, 2.05) is 18.3 Å². The number of rotatable bonds is 4. The molecule has 2 nitrogen and oxygen atoms in total. The van der Waals surface area contributed by atoms with E-state index < -0.39 is 0 Å². The molecule has 0 spiro atoms. The van der Waals surface area contributed by atoms with Crippen LogP contribution in [0.4, 0.5) is 0 Å². The molecule has 0 aromatic carbocycles. The molecule has 0 atom stereocenters. The van der Waals surface area contributed by atoms with Gasteiger partial charge in [0.15, 0.2) is 0 Å². The highest BCUT2D eigenvalue weighted by molar-refractivity contribution is 5.02. The van der Waals surface area contributed by atoms with Gasteiger partial charge >= 0.3 is 0 Å². The Kier molecular flexibility index (Phi) is 2.93. The third kappa shape index (κ3) is 2.52. The highest BCUT2D eigenvalue weighted by Crippen LogP contribution is 2.25. The van der Waals surface area contributed by atoms with E-state index in [2.05, 4.69) is 16.4 Å². The van der Waals surface area contributed by atoms with E-state index in [1.54, 1.807) is 0 Å². The lowest BCUT2D eigenvalue weighted by Gasteiger charge is -2.25. The summed E-state index contributed by atoms with van der Waals surface area (Å²) >= 11 is 0. The first-order valence-corrected chi connectivity index (χ1v) is 5.06. The van der Waals surface area contributed by atoms with Crippen LogP contribution in [0.15, 0.2) is 24.4 Å². The number of hydrogen-bond donors (Lipinski definition) is 1. The second-order valence-electron chi connectivity index (χ2n) is 3.75. The van der Waals surface area contributed by atoms with Gasteiger partial charge in [0, 0.05) is 12.7 Å². The van der Waals surface area contributed by atoms with Crippen LogP contribution in [0.2, 0.25) is 0 Å². The lowest BCUT2D eigenvalue weighted by atomic mass is 9.85. The predicted molar refractivity (Wildman–Crippen MR) is 53.3 cm³/mol. The number of aromatic nitrogens is 1. The molecule has 1 aromatic rings. The molecular formula is C11H16N2. The van der Waals surface area contributed by atoms with Crippen molar-refractivity contribution in [1.82, 2.24) is 10.3 Å². The summed E-state index contributed by atoms with van der Waals surface area (Å²) in [4.78, 5) is 4.26. The quantitative estimate of drug-likeness (QED) is 0.758. The summed E-state index contributed by atoms with van der Waals surface area (Å²) in [6.07, 6.45) is 6.10. The molecule has 1 heterocycles.